The maximum absolute atomic E-state index is 12.6. The summed E-state index contributed by atoms with van der Waals surface area (Å²) in [6.45, 7) is 0. The van der Waals surface area contributed by atoms with Crippen molar-refractivity contribution >= 4 is 5.97 Å². The third-order valence-electron chi connectivity index (χ3n) is 1.95. The van der Waals surface area contributed by atoms with Crippen molar-refractivity contribution in [3.05, 3.63) is 28.6 Å². The number of nitriles is 1. The lowest BCUT2D eigenvalue weighted by atomic mass is 10.0. The molecule has 0 amide bonds. The largest absolute Gasteiger partial charge is 0.478 e. The van der Waals surface area contributed by atoms with Gasteiger partial charge < -0.3 is 5.11 Å². The summed E-state index contributed by atoms with van der Waals surface area (Å²) in [5, 5.41) is 17.0. The molecular formula is C9H3F5N2O2. The molecule has 96 valence electrons. The molecular weight excluding hydrogens is 263 g/mol. The topological polar surface area (TPSA) is 74.0 Å². The van der Waals surface area contributed by atoms with Gasteiger partial charge in [0.05, 0.1) is 11.1 Å². The number of hydrogen-bond acceptors (Lipinski definition) is 3. The Kier molecular flexibility index (Phi) is 3.50. The van der Waals surface area contributed by atoms with E-state index in [0.29, 0.717) is 0 Å². The number of carboxylic acids is 1. The van der Waals surface area contributed by atoms with Crippen LogP contribution in [0.15, 0.2) is 6.20 Å². The lowest BCUT2D eigenvalue weighted by Crippen LogP contribution is -2.19. The fraction of sp³-hybridized carbons (Fsp3) is 0.222. The van der Waals surface area contributed by atoms with Gasteiger partial charge in [-0.15, -0.1) is 0 Å². The average Bonchev–Trinajstić information content (AvgIpc) is 2.25. The highest BCUT2D eigenvalue weighted by Gasteiger charge is 2.41. The molecule has 0 aliphatic rings. The van der Waals surface area contributed by atoms with Crippen molar-refractivity contribution < 1.29 is 31.9 Å². The van der Waals surface area contributed by atoms with Crippen molar-refractivity contribution in [3.63, 3.8) is 0 Å². The normalized spacial score (nSPS) is 11.4. The van der Waals surface area contributed by atoms with Gasteiger partial charge in [-0.05, 0) is 0 Å². The summed E-state index contributed by atoms with van der Waals surface area (Å²) in [6.07, 6.45) is -8.46. The fourth-order valence-corrected chi connectivity index (χ4v) is 1.28. The number of alkyl halides is 5. The Balaban J connectivity index is 3.78. The number of aromatic nitrogens is 1. The van der Waals surface area contributed by atoms with Crippen LogP contribution in [0.25, 0.3) is 0 Å². The van der Waals surface area contributed by atoms with E-state index >= 15 is 0 Å². The maximum atomic E-state index is 12.6. The van der Waals surface area contributed by atoms with Crippen molar-refractivity contribution in [2.75, 3.05) is 0 Å². The third kappa shape index (κ3) is 2.37. The number of halogens is 5. The Morgan fingerprint density at radius 1 is 1.44 bits per heavy atom. The van der Waals surface area contributed by atoms with E-state index < -0.39 is 41.0 Å². The molecule has 0 aliphatic heterocycles. The zero-order valence-electron chi connectivity index (χ0n) is 8.29. The highest BCUT2D eigenvalue weighted by atomic mass is 19.4. The zero-order chi connectivity index (χ0) is 14.1. The minimum absolute atomic E-state index is 0.252. The van der Waals surface area contributed by atoms with E-state index in [1.165, 1.54) is 0 Å². The Labute approximate surface area is 96.3 Å². The first-order valence-corrected chi connectivity index (χ1v) is 4.21. The van der Waals surface area contributed by atoms with Crippen LogP contribution in [-0.2, 0) is 6.18 Å². The van der Waals surface area contributed by atoms with Crippen LogP contribution in [0.3, 0.4) is 0 Å². The van der Waals surface area contributed by atoms with Crippen LogP contribution in [0.2, 0.25) is 0 Å². The molecule has 0 atom stereocenters. The van der Waals surface area contributed by atoms with Crippen LogP contribution in [0.5, 0.6) is 0 Å². The van der Waals surface area contributed by atoms with Crippen molar-refractivity contribution in [2.45, 2.75) is 12.6 Å². The molecule has 0 saturated heterocycles. The van der Waals surface area contributed by atoms with Gasteiger partial charge in [-0.2, -0.15) is 18.4 Å². The van der Waals surface area contributed by atoms with Crippen LogP contribution in [-0.4, -0.2) is 16.1 Å². The summed E-state index contributed by atoms with van der Waals surface area (Å²) in [5.74, 6) is -2.20. The van der Waals surface area contributed by atoms with E-state index in [1.807, 2.05) is 0 Å². The quantitative estimate of drug-likeness (QED) is 0.835. The Hall–Kier alpha value is -2.24. The molecule has 9 heteroatoms. The molecule has 0 aliphatic carbocycles. The maximum Gasteiger partial charge on any atom is 0.420 e. The summed E-state index contributed by atoms with van der Waals surface area (Å²) in [7, 11) is 0. The van der Waals surface area contributed by atoms with E-state index in [2.05, 4.69) is 4.98 Å². The van der Waals surface area contributed by atoms with Crippen molar-refractivity contribution in [3.8, 4) is 6.07 Å². The molecule has 1 heterocycles. The van der Waals surface area contributed by atoms with Gasteiger partial charge >= 0.3 is 12.1 Å². The minimum Gasteiger partial charge on any atom is -0.478 e. The van der Waals surface area contributed by atoms with Crippen molar-refractivity contribution in [1.82, 2.24) is 4.98 Å². The van der Waals surface area contributed by atoms with Gasteiger partial charge in [0.25, 0.3) is 6.43 Å². The van der Waals surface area contributed by atoms with E-state index in [4.69, 9.17) is 10.4 Å². The monoisotopic (exact) mass is 266 g/mol. The fourth-order valence-electron chi connectivity index (χ4n) is 1.28. The van der Waals surface area contributed by atoms with Gasteiger partial charge in [0.1, 0.15) is 11.6 Å². The van der Waals surface area contributed by atoms with Crippen LogP contribution in [0.1, 0.15) is 33.6 Å². The lowest BCUT2D eigenvalue weighted by Gasteiger charge is -2.14. The van der Waals surface area contributed by atoms with Gasteiger partial charge in [0, 0.05) is 6.20 Å². The number of carbonyl (C=O) groups is 1. The number of carboxylic acid groups (broad SMARTS) is 1. The molecule has 0 spiro atoms. The average molecular weight is 266 g/mol. The molecule has 0 saturated carbocycles. The van der Waals surface area contributed by atoms with E-state index in [0.717, 1.165) is 6.07 Å². The van der Waals surface area contributed by atoms with Gasteiger partial charge in [0.2, 0.25) is 0 Å². The minimum atomic E-state index is -5.27. The summed E-state index contributed by atoms with van der Waals surface area (Å²) >= 11 is 0. The molecule has 0 aromatic carbocycles. The number of pyridine rings is 1. The summed E-state index contributed by atoms with van der Waals surface area (Å²) in [6, 6.07) is 1.02. The summed E-state index contributed by atoms with van der Waals surface area (Å²) < 4.78 is 62.7. The standard InChI is InChI=1S/C9H3F5N2O2/c10-7(11)3-2-16-4(1-15)6(9(12,13)14)5(3)8(17)18/h2,7H,(H,17,18). The van der Waals surface area contributed by atoms with Crippen LogP contribution in [0, 0.1) is 11.3 Å². The van der Waals surface area contributed by atoms with Gasteiger partial charge in [-0.3, -0.25) is 0 Å². The first kappa shape index (κ1) is 13.8. The van der Waals surface area contributed by atoms with E-state index in [1.54, 1.807) is 0 Å². The van der Waals surface area contributed by atoms with E-state index in [-0.39, 0.29) is 6.20 Å². The third-order valence-corrected chi connectivity index (χ3v) is 1.95. The van der Waals surface area contributed by atoms with E-state index in [9.17, 15) is 26.7 Å². The second-order valence-electron chi connectivity index (χ2n) is 3.03. The van der Waals surface area contributed by atoms with Gasteiger partial charge in [-0.25, -0.2) is 18.6 Å². The number of nitrogens with zero attached hydrogens (tertiary/aromatic N) is 2. The first-order chi connectivity index (χ1) is 8.20. The Bertz CT molecular complexity index is 533. The highest BCUT2D eigenvalue weighted by Crippen LogP contribution is 2.37. The SMILES string of the molecule is N#Cc1ncc(C(F)F)c(C(=O)O)c1C(F)(F)F. The molecule has 18 heavy (non-hydrogen) atoms. The number of rotatable bonds is 2. The molecule has 4 nitrogen and oxygen atoms in total. The van der Waals surface area contributed by atoms with Gasteiger partial charge in [-0.1, -0.05) is 0 Å². The number of hydrogen-bond donors (Lipinski definition) is 1. The predicted molar refractivity (Wildman–Crippen MR) is 45.9 cm³/mol. The summed E-state index contributed by atoms with van der Waals surface area (Å²) in [5.41, 5.74) is -6.25. The lowest BCUT2D eigenvalue weighted by molar-refractivity contribution is -0.138. The zero-order valence-corrected chi connectivity index (χ0v) is 8.29. The van der Waals surface area contributed by atoms with Crippen LogP contribution in [0.4, 0.5) is 22.0 Å². The smallest absolute Gasteiger partial charge is 0.420 e. The van der Waals surface area contributed by atoms with Crippen molar-refractivity contribution in [2.24, 2.45) is 0 Å². The van der Waals surface area contributed by atoms with Crippen LogP contribution >= 0.6 is 0 Å². The molecule has 0 fully saturated rings. The highest BCUT2D eigenvalue weighted by molar-refractivity contribution is 5.92. The first-order valence-electron chi connectivity index (χ1n) is 4.21. The second kappa shape index (κ2) is 4.56. The molecule has 0 bridgehead atoms. The molecule has 1 rings (SSSR count). The molecule has 1 N–H and O–H groups in total. The summed E-state index contributed by atoms with van der Waals surface area (Å²) in [4.78, 5) is 13.6. The molecule has 1 aromatic heterocycles. The predicted octanol–water partition coefficient (Wildman–Crippen LogP) is 2.61. The van der Waals surface area contributed by atoms with Crippen molar-refractivity contribution in [1.29, 1.82) is 5.26 Å². The van der Waals surface area contributed by atoms with Crippen LogP contribution < -0.4 is 0 Å². The Morgan fingerprint density at radius 2 is 2.00 bits per heavy atom. The Morgan fingerprint density at radius 3 is 2.33 bits per heavy atom. The molecule has 1 aromatic rings. The molecule has 0 radical (unpaired) electrons. The molecule has 0 unspecified atom stereocenters. The second-order valence-corrected chi connectivity index (χ2v) is 3.03. The van der Waals surface area contributed by atoms with Gasteiger partial charge in [0.15, 0.2) is 5.69 Å². The number of aromatic carboxylic acids is 1.